The Morgan fingerprint density at radius 2 is 2.00 bits per heavy atom. The molecule has 0 aliphatic heterocycles. The molecule has 0 amide bonds. The van der Waals surface area contributed by atoms with Crippen LogP contribution in [0.3, 0.4) is 0 Å². The van der Waals surface area contributed by atoms with Crippen molar-refractivity contribution in [2.45, 2.75) is 20.0 Å². The third kappa shape index (κ3) is 3.00. The third-order valence-corrected chi connectivity index (χ3v) is 2.95. The van der Waals surface area contributed by atoms with Crippen molar-refractivity contribution in [3.05, 3.63) is 52.8 Å². The molecule has 4 heteroatoms. The van der Waals surface area contributed by atoms with Crippen LogP contribution in [0.15, 0.2) is 36.5 Å². The number of halogens is 1. The molecule has 2 aromatic rings. The number of nitrogens with zero attached hydrogens (tertiary/aromatic N) is 1. The van der Waals surface area contributed by atoms with Crippen LogP contribution in [0.1, 0.15) is 18.2 Å². The Morgan fingerprint density at radius 3 is 2.72 bits per heavy atom. The van der Waals surface area contributed by atoms with E-state index >= 15 is 0 Å². The molecule has 0 radical (unpaired) electrons. The Balaban J connectivity index is 2.22. The van der Waals surface area contributed by atoms with Crippen LogP contribution in [0, 0.1) is 0 Å². The molecule has 0 fully saturated rings. The highest BCUT2D eigenvalue weighted by molar-refractivity contribution is 6.31. The minimum Gasteiger partial charge on any atom is -0.457 e. The van der Waals surface area contributed by atoms with E-state index in [-0.39, 0.29) is 6.61 Å². The quantitative estimate of drug-likeness (QED) is 0.917. The maximum atomic E-state index is 9.01. The number of hydrogen-bond acceptors (Lipinski definition) is 3. The van der Waals surface area contributed by atoms with Gasteiger partial charge in [0.05, 0.1) is 12.3 Å². The van der Waals surface area contributed by atoms with Gasteiger partial charge in [0.2, 0.25) is 0 Å². The van der Waals surface area contributed by atoms with Crippen LogP contribution >= 0.6 is 11.6 Å². The number of pyridine rings is 1. The van der Waals surface area contributed by atoms with Crippen molar-refractivity contribution in [3.63, 3.8) is 0 Å². The Bertz CT molecular complexity index is 543. The second-order valence-corrected chi connectivity index (χ2v) is 4.26. The van der Waals surface area contributed by atoms with Crippen molar-refractivity contribution < 1.29 is 9.84 Å². The molecule has 0 aliphatic rings. The molecule has 0 bridgehead atoms. The molecule has 0 saturated carbocycles. The summed E-state index contributed by atoms with van der Waals surface area (Å²) in [5, 5.41) is 9.76. The molecule has 0 spiro atoms. The summed E-state index contributed by atoms with van der Waals surface area (Å²) in [6.07, 6.45) is 2.46. The van der Waals surface area contributed by atoms with Gasteiger partial charge in [-0.2, -0.15) is 0 Å². The van der Waals surface area contributed by atoms with Crippen molar-refractivity contribution in [2.75, 3.05) is 0 Å². The van der Waals surface area contributed by atoms with Gasteiger partial charge in [-0.1, -0.05) is 18.5 Å². The number of rotatable bonds is 4. The molecule has 0 aliphatic carbocycles. The minimum atomic E-state index is -0.0992. The van der Waals surface area contributed by atoms with Gasteiger partial charge < -0.3 is 9.84 Å². The lowest BCUT2D eigenvalue weighted by Crippen LogP contribution is -1.91. The van der Waals surface area contributed by atoms with Crippen LogP contribution < -0.4 is 4.74 Å². The fraction of sp³-hybridized carbons (Fsp3) is 0.214. The monoisotopic (exact) mass is 263 g/mol. The molecule has 1 aromatic carbocycles. The number of aryl methyl sites for hydroxylation is 1. The summed E-state index contributed by atoms with van der Waals surface area (Å²) in [5.41, 5.74) is 1.63. The zero-order chi connectivity index (χ0) is 13.0. The first-order valence-corrected chi connectivity index (χ1v) is 6.12. The number of aromatic nitrogens is 1. The molecule has 0 saturated heterocycles. The van der Waals surface area contributed by atoms with Crippen LogP contribution in [0.5, 0.6) is 11.5 Å². The summed E-state index contributed by atoms with van der Waals surface area (Å²) in [4.78, 5) is 4.00. The van der Waals surface area contributed by atoms with Gasteiger partial charge in [0, 0.05) is 17.3 Å². The molecule has 1 aromatic heterocycles. The highest BCUT2D eigenvalue weighted by atomic mass is 35.5. The Hall–Kier alpha value is -1.58. The first kappa shape index (κ1) is 12.9. The van der Waals surface area contributed by atoms with Gasteiger partial charge in [-0.3, -0.25) is 4.98 Å². The zero-order valence-corrected chi connectivity index (χ0v) is 10.8. The molecule has 2 rings (SSSR count). The zero-order valence-electron chi connectivity index (χ0n) is 10.1. The Labute approximate surface area is 111 Å². The van der Waals surface area contributed by atoms with E-state index < -0.39 is 0 Å². The summed E-state index contributed by atoms with van der Waals surface area (Å²) in [6.45, 7) is 1.94. The predicted molar refractivity (Wildman–Crippen MR) is 71.1 cm³/mol. The molecule has 0 atom stereocenters. The lowest BCUT2D eigenvalue weighted by Gasteiger charge is -2.08. The SMILES string of the molecule is CCc1cc(Oc2ccnc(CO)c2)ccc1Cl. The minimum absolute atomic E-state index is 0.0992. The van der Waals surface area contributed by atoms with Crippen LogP contribution in [0.4, 0.5) is 0 Å². The summed E-state index contributed by atoms with van der Waals surface area (Å²) in [5.74, 6) is 1.38. The van der Waals surface area contributed by atoms with Crippen LogP contribution in [-0.4, -0.2) is 10.1 Å². The average molecular weight is 264 g/mol. The van der Waals surface area contributed by atoms with E-state index in [9.17, 15) is 0 Å². The predicted octanol–water partition coefficient (Wildman–Crippen LogP) is 3.58. The molecule has 1 heterocycles. The average Bonchev–Trinajstić information content (AvgIpc) is 2.41. The third-order valence-electron chi connectivity index (χ3n) is 2.58. The number of hydrogen-bond donors (Lipinski definition) is 1. The van der Waals surface area contributed by atoms with Crippen LogP contribution in [-0.2, 0) is 13.0 Å². The largest absolute Gasteiger partial charge is 0.457 e. The molecule has 0 unspecified atom stereocenters. The van der Waals surface area contributed by atoms with E-state index in [2.05, 4.69) is 4.98 Å². The molecule has 3 nitrogen and oxygen atoms in total. The topological polar surface area (TPSA) is 42.4 Å². The van der Waals surface area contributed by atoms with Crippen molar-refractivity contribution in [1.82, 2.24) is 4.98 Å². The van der Waals surface area contributed by atoms with Gasteiger partial charge in [0.1, 0.15) is 11.5 Å². The van der Waals surface area contributed by atoms with Crippen LogP contribution in [0.2, 0.25) is 5.02 Å². The second kappa shape index (κ2) is 5.85. The van der Waals surface area contributed by atoms with Gasteiger partial charge in [0.25, 0.3) is 0 Å². The first-order valence-electron chi connectivity index (χ1n) is 5.75. The molecule has 1 N–H and O–H groups in total. The van der Waals surface area contributed by atoms with Crippen molar-refractivity contribution in [2.24, 2.45) is 0 Å². The summed E-state index contributed by atoms with van der Waals surface area (Å²) < 4.78 is 5.71. The van der Waals surface area contributed by atoms with E-state index in [0.717, 1.165) is 22.8 Å². The normalized spacial score (nSPS) is 10.4. The highest BCUT2D eigenvalue weighted by Gasteiger charge is 2.03. The summed E-state index contributed by atoms with van der Waals surface area (Å²) in [7, 11) is 0. The van der Waals surface area contributed by atoms with Gasteiger partial charge >= 0.3 is 0 Å². The number of benzene rings is 1. The fourth-order valence-electron chi connectivity index (χ4n) is 1.63. The van der Waals surface area contributed by atoms with E-state index in [0.29, 0.717) is 11.4 Å². The van der Waals surface area contributed by atoms with Gasteiger partial charge in [0.15, 0.2) is 0 Å². The van der Waals surface area contributed by atoms with Crippen LogP contribution in [0.25, 0.3) is 0 Å². The summed E-state index contributed by atoms with van der Waals surface area (Å²) in [6, 6.07) is 9.02. The number of ether oxygens (including phenoxy) is 1. The van der Waals surface area contributed by atoms with E-state index in [4.69, 9.17) is 21.4 Å². The van der Waals surface area contributed by atoms with E-state index in [1.165, 1.54) is 0 Å². The molecule has 94 valence electrons. The fourth-order valence-corrected chi connectivity index (χ4v) is 1.88. The second-order valence-electron chi connectivity index (χ2n) is 3.85. The van der Waals surface area contributed by atoms with Crippen molar-refractivity contribution >= 4 is 11.6 Å². The maximum absolute atomic E-state index is 9.01. The van der Waals surface area contributed by atoms with E-state index in [1.807, 2.05) is 25.1 Å². The lowest BCUT2D eigenvalue weighted by molar-refractivity contribution is 0.276. The number of aliphatic hydroxyl groups excluding tert-OH is 1. The van der Waals surface area contributed by atoms with Gasteiger partial charge in [-0.25, -0.2) is 0 Å². The maximum Gasteiger partial charge on any atom is 0.130 e. The lowest BCUT2D eigenvalue weighted by atomic mass is 10.1. The highest BCUT2D eigenvalue weighted by Crippen LogP contribution is 2.26. The Morgan fingerprint density at radius 1 is 1.22 bits per heavy atom. The Kier molecular flexibility index (Phi) is 4.18. The van der Waals surface area contributed by atoms with Gasteiger partial charge in [-0.05, 0) is 36.2 Å². The first-order chi connectivity index (χ1) is 8.72. The van der Waals surface area contributed by atoms with Crippen molar-refractivity contribution in [1.29, 1.82) is 0 Å². The summed E-state index contributed by atoms with van der Waals surface area (Å²) >= 11 is 6.05. The molecular weight excluding hydrogens is 250 g/mol. The van der Waals surface area contributed by atoms with Gasteiger partial charge in [-0.15, -0.1) is 0 Å². The smallest absolute Gasteiger partial charge is 0.130 e. The van der Waals surface area contributed by atoms with E-state index in [1.54, 1.807) is 18.3 Å². The molecular formula is C14H14ClNO2. The number of aliphatic hydroxyl groups is 1. The molecule has 18 heavy (non-hydrogen) atoms. The standard InChI is InChI=1S/C14H14ClNO2/c1-2-10-7-12(3-4-14(10)15)18-13-5-6-16-11(8-13)9-17/h3-8,17H,2,9H2,1H3. The van der Waals surface area contributed by atoms with Crippen molar-refractivity contribution in [3.8, 4) is 11.5 Å².